The predicted octanol–water partition coefficient (Wildman–Crippen LogP) is 1.70. The maximum absolute atomic E-state index is 12.0. The highest BCUT2D eigenvalue weighted by Gasteiger charge is 2.11. The van der Waals surface area contributed by atoms with Crippen molar-refractivity contribution in [3.63, 3.8) is 0 Å². The van der Waals surface area contributed by atoms with Crippen molar-refractivity contribution in [1.82, 2.24) is 9.88 Å². The molecule has 1 heterocycles. The van der Waals surface area contributed by atoms with Crippen molar-refractivity contribution >= 4 is 10.0 Å². The first kappa shape index (κ1) is 16.5. The Morgan fingerprint density at radius 1 is 1.27 bits per heavy atom. The number of hydrogen-bond acceptors (Lipinski definition) is 5. The van der Waals surface area contributed by atoms with Gasteiger partial charge in [-0.1, -0.05) is 17.3 Å². The molecule has 6 nitrogen and oxygen atoms in total. The summed E-state index contributed by atoms with van der Waals surface area (Å²) in [6, 6.07) is 9.20. The number of ether oxygens (including phenoxy) is 1. The number of hydrogen-bond donors (Lipinski definition) is 1. The zero-order valence-corrected chi connectivity index (χ0v) is 13.5. The lowest BCUT2D eigenvalue weighted by Gasteiger charge is -2.07. The maximum atomic E-state index is 12.0. The Bertz CT molecular complexity index is 710. The monoisotopic (exact) mass is 324 g/mol. The molecule has 120 valence electrons. The van der Waals surface area contributed by atoms with E-state index < -0.39 is 10.0 Å². The van der Waals surface area contributed by atoms with Gasteiger partial charge in [-0.3, -0.25) is 0 Å². The normalized spacial score (nSPS) is 11.5. The van der Waals surface area contributed by atoms with Crippen LogP contribution in [0.15, 0.2) is 34.9 Å². The van der Waals surface area contributed by atoms with Crippen LogP contribution in [0.25, 0.3) is 0 Å². The standard InChI is InChI=1S/C15H20N2O4S/c1-12-10-14(17-21-12)6-8-16-22(18,19)9-7-13-4-3-5-15(11-13)20-2/h3-5,10-11,16H,6-9H2,1-2H3. The molecule has 0 saturated heterocycles. The van der Waals surface area contributed by atoms with Gasteiger partial charge in [-0.05, 0) is 31.0 Å². The lowest BCUT2D eigenvalue weighted by atomic mass is 10.2. The quantitative estimate of drug-likeness (QED) is 0.799. The van der Waals surface area contributed by atoms with E-state index in [0.29, 0.717) is 19.4 Å². The number of methoxy groups -OCH3 is 1. The summed E-state index contributed by atoms with van der Waals surface area (Å²) in [5, 5.41) is 3.82. The second-order valence-corrected chi connectivity index (χ2v) is 6.92. The van der Waals surface area contributed by atoms with Crippen LogP contribution in [0.1, 0.15) is 17.0 Å². The molecule has 0 atom stereocenters. The minimum Gasteiger partial charge on any atom is -0.497 e. The van der Waals surface area contributed by atoms with Crippen LogP contribution in [0.4, 0.5) is 0 Å². The van der Waals surface area contributed by atoms with Crippen molar-refractivity contribution in [3.8, 4) is 5.75 Å². The van der Waals surface area contributed by atoms with E-state index >= 15 is 0 Å². The zero-order chi connectivity index (χ0) is 16.0. The Kier molecular flexibility index (Phi) is 5.57. The van der Waals surface area contributed by atoms with E-state index in [4.69, 9.17) is 9.26 Å². The van der Waals surface area contributed by atoms with Gasteiger partial charge in [-0.25, -0.2) is 13.1 Å². The van der Waals surface area contributed by atoms with Crippen molar-refractivity contribution in [2.45, 2.75) is 19.8 Å². The fourth-order valence-electron chi connectivity index (χ4n) is 2.02. The summed E-state index contributed by atoms with van der Waals surface area (Å²) in [6.45, 7) is 2.11. The average Bonchev–Trinajstić information content (AvgIpc) is 2.91. The Morgan fingerprint density at radius 2 is 2.09 bits per heavy atom. The molecule has 0 spiro atoms. The Morgan fingerprint density at radius 3 is 2.77 bits per heavy atom. The Labute approximate surface area is 130 Å². The van der Waals surface area contributed by atoms with E-state index in [1.165, 1.54) is 0 Å². The molecule has 2 rings (SSSR count). The first-order valence-corrected chi connectivity index (χ1v) is 8.66. The van der Waals surface area contributed by atoms with Crippen molar-refractivity contribution in [3.05, 3.63) is 47.3 Å². The number of aryl methyl sites for hydroxylation is 2. The molecule has 1 N–H and O–H groups in total. The van der Waals surface area contributed by atoms with Crippen LogP contribution in [-0.2, 0) is 22.9 Å². The lowest BCUT2D eigenvalue weighted by molar-refractivity contribution is 0.390. The number of sulfonamides is 1. The van der Waals surface area contributed by atoms with Gasteiger partial charge in [0, 0.05) is 19.0 Å². The third kappa shape index (κ3) is 5.16. The molecule has 0 saturated carbocycles. The molecule has 0 amide bonds. The minimum atomic E-state index is -3.31. The summed E-state index contributed by atoms with van der Waals surface area (Å²) in [7, 11) is -1.73. The van der Waals surface area contributed by atoms with Gasteiger partial charge in [0.2, 0.25) is 10.0 Å². The van der Waals surface area contributed by atoms with Crippen LogP contribution in [0.3, 0.4) is 0 Å². The predicted molar refractivity (Wildman–Crippen MR) is 83.4 cm³/mol. The molecule has 1 aromatic heterocycles. The van der Waals surface area contributed by atoms with Crippen LogP contribution in [-0.4, -0.2) is 33.0 Å². The van der Waals surface area contributed by atoms with E-state index in [0.717, 1.165) is 22.8 Å². The van der Waals surface area contributed by atoms with Crippen LogP contribution in [0, 0.1) is 6.92 Å². The average molecular weight is 324 g/mol. The Hall–Kier alpha value is -1.86. The summed E-state index contributed by atoms with van der Waals surface area (Å²) in [5.74, 6) is 1.48. The summed E-state index contributed by atoms with van der Waals surface area (Å²) in [4.78, 5) is 0. The number of nitrogens with zero attached hydrogens (tertiary/aromatic N) is 1. The van der Waals surface area contributed by atoms with E-state index in [2.05, 4.69) is 9.88 Å². The molecule has 0 aliphatic rings. The minimum absolute atomic E-state index is 0.0397. The van der Waals surface area contributed by atoms with E-state index in [-0.39, 0.29) is 5.75 Å². The number of nitrogens with one attached hydrogen (secondary N) is 1. The van der Waals surface area contributed by atoms with E-state index in [1.807, 2.05) is 24.3 Å². The molecule has 7 heteroatoms. The molecular formula is C15H20N2O4S. The third-order valence-corrected chi connectivity index (χ3v) is 4.56. The maximum Gasteiger partial charge on any atom is 0.211 e. The molecule has 2 aromatic rings. The van der Waals surface area contributed by atoms with Gasteiger partial charge < -0.3 is 9.26 Å². The molecule has 0 bridgehead atoms. The van der Waals surface area contributed by atoms with Gasteiger partial charge in [0.15, 0.2) is 0 Å². The summed E-state index contributed by atoms with van der Waals surface area (Å²) < 4.78 is 36.6. The highest BCUT2D eigenvalue weighted by atomic mass is 32.2. The number of rotatable bonds is 8. The zero-order valence-electron chi connectivity index (χ0n) is 12.7. The first-order valence-electron chi connectivity index (χ1n) is 7.01. The summed E-state index contributed by atoms with van der Waals surface area (Å²) in [5.41, 5.74) is 1.67. The van der Waals surface area contributed by atoms with Crippen LogP contribution in [0.2, 0.25) is 0 Å². The van der Waals surface area contributed by atoms with Crippen LogP contribution < -0.4 is 9.46 Å². The molecule has 0 fully saturated rings. The SMILES string of the molecule is COc1cccc(CCS(=O)(=O)NCCc2cc(C)on2)c1. The highest BCUT2D eigenvalue weighted by molar-refractivity contribution is 7.89. The largest absolute Gasteiger partial charge is 0.497 e. The molecular weight excluding hydrogens is 304 g/mol. The van der Waals surface area contributed by atoms with E-state index in [1.54, 1.807) is 20.1 Å². The smallest absolute Gasteiger partial charge is 0.211 e. The van der Waals surface area contributed by atoms with Gasteiger partial charge in [-0.15, -0.1) is 0 Å². The van der Waals surface area contributed by atoms with Gasteiger partial charge in [-0.2, -0.15) is 0 Å². The second kappa shape index (κ2) is 7.42. The fraction of sp³-hybridized carbons (Fsp3) is 0.400. The summed E-state index contributed by atoms with van der Waals surface area (Å²) in [6.07, 6.45) is 0.950. The molecule has 0 radical (unpaired) electrons. The molecule has 0 aliphatic carbocycles. The number of aromatic nitrogens is 1. The van der Waals surface area contributed by atoms with Gasteiger partial charge >= 0.3 is 0 Å². The van der Waals surface area contributed by atoms with E-state index in [9.17, 15) is 8.42 Å². The topological polar surface area (TPSA) is 81.4 Å². The molecule has 1 aromatic carbocycles. The molecule has 0 unspecified atom stereocenters. The summed E-state index contributed by atoms with van der Waals surface area (Å²) >= 11 is 0. The van der Waals surface area contributed by atoms with Crippen molar-refractivity contribution in [2.24, 2.45) is 0 Å². The lowest BCUT2D eigenvalue weighted by Crippen LogP contribution is -2.29. The van der Waals surface area contributed by atoms with Crippen molar-refractivity contribution < 1.29 is 17.7 Å². The van der Waals surface area contributed by atoms with Crippen molar-refractivity contribution in [1.29, 1.82) is 0 Å². The van der Waals surface area contributed by atoms with Crippen LogP contribution >= 0.6 is 0 Å². The second-order valence-electron chi connectivity index (χ2n) is 4.99. The first-order chi connectivity index (χ1) is 10.5. The van der Waals surface area contributed by atoms with Gasteiger partial charge in [0.1, 0.15) is 11.5 Å². The molecule has 22 heavy (non-hydrogen) atoms. The number of benzene rings is 1. The van der Waals surface area contributed by atoms with Crippen molar-refractivity contribution in [2.75, 3.05) is 19.4 Å². The highest BCUT2D eigenvalue weighted by Crippen LogP contribution is 2.13. The van der Waals surface area contributed by atoms with Gasteiger partial charge in [0.25, 0.3) is 0 Å². The third-order valence-electron chi connectivity index (χ3n) is 3.17. The Balaban J connectivity index is 1.80. The molecule has 0 aliphatic heterocycles. The fourth-order valence-corrected chi connectivity index (χ4v) is 3.08. The van der Waals surface area contributed by atoms with Crippen LogP contribution in [0.5, 0.6) is 5.75 Å². The van der Waals surface area contributed by atoms with Gasteiger partial charge in [0.05, 0.1) is 18.6 Å².